The SMILES string of the molecule is O=C(O)[C@@H]1C[C@H](O)CN1C(=O)c1ccc([N+](=O)[O-])c(F)c1. The lowest BCUT2D eigenvalue weighted by atomic mass is 10.1. The summed E-state index contributed by atoms with van der Waals surface area (Å²) < 4.78 is 13.5. The molecule has 112 valence electrons. The molecule has 1 saturated heterocycles. The maximum atomic E-state index is 13.5. The number of carboxylic acids is 1. The zero-order valence-electron chi connectivity index (χ0n) is 10.6. The molecule has 1 fully saturated rings. The predicted octanol–water partition coefficient (Wildman–Crippen LogP) is 0.394. The van der Waals surface area contributed by atoms with Gasteiger partial charge < -0.3 is 15.1 Å². The van der Waals surface area contributed by atoms with E-state index in [0.717, 1.165) is 17.0 Å². The van der Waals surface area contributed by atoms with Crippen LogP contribution in [0.2, 0.25) is 0 Å². The van der Waals surface area contributed by atoms with E-state index in [1.165, 1.54) is 0 Å². The average Bonchev–Trinajstić information content (AvgIpc) is 2.79. The van der Waals surface area contributed by atoms with Crippen molar-refractivity contribution in [1.82, 2.24) is 4.90 Å². The minimum atomic E-state index is -1.28. The molecular formula is C12H11FN2O6. The number of aliphatic hydroxyl groups excluding tert-OH is 1. The van der Waals surface area contributed by atoms with Crippen molar-refractivity contribution >= 4 is 17.6 Å². The molecule has 1 heterocycles. The number of benzene rings is 1. The Morgan fingerprint density at radius 3 is 2.62 bits per heavy atom. The Kier molecular flexibility index (Phi) is 3.85. The fourth-order valence-electron chi connectivity index (χ4n) is 2.23. The number of hydrogen-bond donors (Lipinski definition) is 2. The van der Waals surface area contributed by atoms with Crippen molar-refractivity contribution in [2.75, 3.05) is 6.54 Å². The number of carbonyl (C=O) groups excluding carboxylic acids is 1. The fraction of sp³-hybridized carbons (Fsp3) is 0.333. The van der Waals surface area contributed by atoms with E-state index in [2.05, 4.69) is 0 Å². The van der Waals surface area contributed by atoms with Crippen molar-refractivity contribution in [2.24, 2.45) is 0 Å². The predicted molar refractivity (Wildman–Crippen MR) is 66.1 cm³/mol. The Bertz CT molecular complexity index is 620. The summed E-state index contributed by atoms with van der Waals surface area (Å²) in [5, 5.41) is 29.0. The number of aliphatic carboxylic acids is 1. The molecule has 21 heavy (non-hydrogen) atoms. The van der Waals surface area contributed by atoms with Crippen LogP contribution in [0.15, 0.2) is 18.2 Å². The summed E-state index contributed by atoms with van der Waals surface area (Å²) in [5.74, 6) is -3.26. The van der Waals surface area contributed by atoms with Gasteiger partial charge in [0.15, 0.2) is 0 Å². The molecule has 2 N–H and O–H groups in total. The van der Waals surface area contributed by atoms with Crippen molar-refractivity contribution in [2.45, 2.75) is 18.6 Å². The zero-order valence-corrected chi connectivity index (χ0v) is 10.6. The van der Waals surface area contributed by atoms with Gasteiger partial charge in [-0.2, -0.15) is 4.39 Å². The van der Waals surface area contributed by atoms with Crippen LogP contribution in [0.5, 0.6) is 0 Å². The Morgan fingerprint density at radius 1 is 1.43 bits per heavy atom. The second-order valence-corrected chi connectivity index (χ2v) is 4.62. The second kappa shape index (κ2) is 5.44. The average molecular weight is 298 g/mol. The number of halogens is 1. The van der Waals surface area contributed by atoms with E-state index in [4.69, 9.17) is 5.11 Å². The van der Waals surface area contributed by atoms with Crippen LogP contribution in [0.3, 0.4) is 0 Å². The van der Waals surface area contributed by atoms with Crippen LogP contribution in [0, 0.1) is 15.9 Å². The number of likely N-dealkylation sites (tertiary alicyclic amines) is 1. The molecule has 0 radical (unpaired) electrons. The summed E-state index contributed by atoms with van der Waals surface area (Å²) in [5.41, 5.74) is -0.985. The summed E-state index contributed by atoms with van der Waals surface area (Å²) in [6, 6.07) is 1.37. The summed E-state index contributed by atoms with van der Waals surface area (Å²) in [4.78, 5) is 33.7. The molecule has 0 aromatic heterocycles. The monoisotopic (exact) mass is 298 g/mol. The van der Waals surface area contributed by atoms with Crippen LogP contribution < -0.4 is 0 Å². The Balaban J connectivity index is 2.29. The maximum absolute atomic E-state index is 13.5. The van der Waals surface area contributed by atoms with Gasteiger partial charge in [0.1, 0.15) is 6.04 Å². The molecule has 0 spiro atoms. The summed E-state index contributed by atoms with van der Waals surface area (Å²) in [6.45, 7) is -0.186. The number of nitro benzene ring substituents is 1. The molecule has 1 aromatic carbocycles. The number of nitrogens with zero attached hydrogens (tertiary/aromatic N) is 2. The third-order valence-corrected chi connectivity index (χ3v) is 3.22. The first-order valence-corrected chi connectivity index (χ1v) is 5.97. The quantitative estimate of drug-likeness (QED) is 0.615. The molecule has 0 unspecified atom stereocenters. The van der Waals surface area contributed by atoms with Crippen molar-refractivity contribution < 1.29 is 29.1 Å². The molecule has 1 amide bonds. The minimum Gasteiger partial charge on any atom is -0.480 e. The number of hydrogen-bond acceptors (Lipinski definition) is 5. The first-order chi connectivity index (χ1) is 9.81. The molecule has 9 heteroatoms. The van der Waals surface area contributed by atoms with Gasteiger partial charge in [-0.05, 0) is 12.1 Å². The number of rotatable bonds is 3. The lowest BCUT2D eigenvalue weighted by molar-refractivity contribution is -0.387. The van der Waals surface area contributed by atoms with Crippen LogP contribution in [-0.4, -0.2) is 50.6 Å². The maximum Gasteiger partial charge on any atom is 0.326 e. The third-order valence-electron chi connectivity index (χ3n) is 3.22. The van der Waals surface area contributed by atoms with Crippen molar-refractivity contribution in [3.05, 3.63) is 39.7 Å². The van der Waals surface area contributed by atoms with Crippen molar-refractivity contribution in [1.29, 1.82) is 0 Å². The Labute approximate surface area is 117 Å². The van der Waals surface area contributed by atoms with Gasteiger partial charge in [-0.3, -0.25) is 14.9 Å². The number of carbonyl (C=O) groups is 2. The first-order valence-electron chi connectivity index (χ1n) is 5.97. The number of nitro groups is 1. The van der Waals surface area contributed by atoms with Gasteiger partial charge in [0, 0.05) is 24.6 Å². The molecule has 8 nitrogen and oxygen atoms in total. The van der Waals surface area contributed by atoms with Crippen LogP contribution in [0.25, 0.3) is 0 Å². The van der Waals surface area contributed by atoms with Gasteiger partial charge in [-0.15, -0.1) is 0 Å². The third kappa shape index (κ3) is 2.82. The van der Waals surface area contributed by atoms with E-state index in [0.29, 0.717) is 6.07 Å². The summed E-state index contributed by atoms with van der Waals surface area (Å²) in [7, 11) is 0. The molecule has 1 aliphatic heterocycles. The number of carboxylic acid groups (broad SMARTS) is 1. The number of β-amino-alcohol motifs (C(OH)–C–C–N with tert-alkyl or cyclic N) is 1. The lowest BCUT2D eigenvalue weighted by Crippen LogP contribution is -2.40. The Hall–Kier alpha value is -2.55. The van der Waals surface area contributed by atoms with E-state index in [-0.39, 0.29) is 18.5 Å². The summed E-state index contributed by atoms with van der Waals surface area (Å²) >= 11 is 0. The van der Waals surface area contributed by atoms with Crippen LogP contribution in [0.4, 0.5) is 10.1 Å². The highest BCUT2D eigenvalue weighted by molar-refractivity contribution is 5.97. The normalized spacial score (nSPS) is 21.3. The van der Waals surface area contributed by atoms with Gasteiger partial charge in [-0.25, -0.2) is 4.79 Å². The molecule has 2 rings (SSSR count). The molecule has 1 aliphatic rings. The summed E-state index contributed by atoms with van der Waals surface area (Å²) in [6.07, 6.45) is -1.09. The van der Waals surface area contributed by atoms with Crippen molar-refractivity contribution in [3.8, 4) is 0 Å². The van der Waals surface area contributed by atoms with E-state index in [1.807, 2.05) is 0 Å². The highest BCUT2D eigenvalue weighted by Crippen LogP contribution is 2.23. The fourth-order valence-corrected chi connectivity index (χ4v) is 2.23. The highest BCUT2D eigenvalue weighted by atomic mass is 19.1. The lowest BCUT2D eigenvalue weighted by Gasteiger charge is -2.21. The van der Waals surface area contributed by atoms with E-state index in [1.54, 1.807) is 0 Å². The van der Waals surface area contributed by atoms with Crippen molar-refractivity contribution in [3.63, 3.8) is 0 Å². The van der Waals surface area contributed by atoms with E-state index >= 15 is 0 Å². The highest BCUT2D eigenvalue weighted by Gasteiger charge is 2.39. The molecule has 0 bridgehead atoms. The first kappa shape index (κ1) is 14.9. The minimum absolute atomic E-state index is 0.115. The van der Waals surface area contributed by atoms with Gasteiger partial charge in [0.2, 0.25) is 5.82 Å². The smallest absolute Gasteiger partial charge is 0.326 e. The standard InChI is InChI=1S/C12H11FN2O6/c13-8-3-6(1-2-9(8)15(20)21)11(17)14-5-7(16)4-10(14)12(18)19/h1-3,7,10,16H,4-5H2,(H,18,19)/t7-,10-/m0/s1. The van der Waals surface area contributed by atoms with Gasteiger partial charge in [0.25, 0.3) is 5.91 Å². The van der Waals surface area contributed by atoms with Crippen LogP contribution in [-0.2, 0) is 4.79 Å². The molecule has 0 aliphatic carbocycles. The molecule has 0 saturated carbocycles. The van der Waals surface area contributed by atoms with Gasteiger partial charge in [0.05, 0.1) is 11.0 Å². The molecule has 1 aromatic rings. The molecular weight excluding hydrogens is 287 g/mol. The topological polar surface area (TPSA) is 121 Å². The molecule has 2 atom stereocenters. The van der Waals surface area contributed by atoms with E-state index in [9.17, 15) is 29.2 Å². The largest absolute Gasteiger partial charge is 0.480 e. The van der Waals surface area contributed by atoms with Crippen LogP contribution >= 0.6 is 0 Å². The van der Waals surface area contributed by atoms with Crippen LogP contribution in [0.1, 0.15) is 16.8 Å². The van der Waals surface area contributed by atoms with E-state index < -0.39 is 40.5 Å². The number of amides is 1. The second-order valence-electron chi connectivity index (χ2n) is 4.62. The zero-order chi connectivity index (χ0) is 15.7. The number of aliphatic hydroxyl groups is 1. The Morgan fingerprint density at radius 2 is 2.10 bits per heavy atom. The van der Waals surface area contributed by atoms with Gasteiger partial charge >= 0.3 is 11.7 Å². The van der Waals surface area contributed by atoms with Gasteiger partial charge in [-0.1, -0.05) is 0 Å².